The van der Waals surface area contributed by atoms with Crippen molar-refractivity contribution >= 4 is 18.0 Å². The Bertz CT molecular complexity index is 1040. The van der Waals surface area contributed by atoms with E-state index in [-0.39, 0.29) is 36.8 Å². The van der Waals surface area contributed by atoms with Gasteiger partial charge in [-0.25, -0.2) is 4.79 Å². The van der Waals surface area contributed by atoms with E-state index in [4.69, 9.17) is 4.74 Å². The maximum atomic E-state index is 13.2. The van der Waals surface area contributed by atoms with Gasteiger partial charge in [0.25, 0.3) is 0 Å². The molecule has 0 radical (unpaired) electrons. The average molecular weight is 465 g/mol. The van der Waals surface area contributed by atoms with Crippen LogP contribution in [0.3, 0.4) is 0 Å². The number of amides is 2. The average Bonchev–Trinajstić information content (AvgIpc) is 3.14. The Kier molecular flexibility index (Phi) is 6.91. The highest BCUT2D eigenvalue weighted by Crippen LogP contribution is 2.44. The van der Waals surface area contributed by atoms with Gasteiger partial charge in [-0.05, 0) is 40.5 Å². The van der Waals surface area contributed by atoms with Gasteiger partial charge in [-0.15, -0.1) is 0 Å². The molecular formula is C27H32N2O5. The van der Waals surface area contributed by atoms with Crippen molar-refractivity contribution in [2.45, 2.75) is 39.2 Å². The summed E-state index contributed by atoms with van der Waals surface area (Å²) in [6.45, 7) is 6.42. The monoisotopic (exact) mass is 464 g/mol. The van der Waals surface area contributed by atoms with E-state index < -0.39 is 24.0 Å². The van der Waals surface area contributed by atoms with Gasteiger partial charge in [0.15, 0.2) is 0 Å². The first kappa shape index (κ1) is 23.8. The Labute approximate surface area is 200 Å². The predicted molar refractivity (Wildman–Crippen MR) is 128 cm³/mol. The number of benzene rings is 2. The number of fused-ring (bicyclic) bond motifs is 3. The smallest absolute Gasteiger partial charge is 0.407 e. The van der Waals surface area contributed by atoms with Gasteiger partial charge in [-0.1, -0.05) is 69.3 Å². The van der Waals surface area contributed by atoms with Crippen LogP contribution in [0.5, 0.6) is 0 Å². The quantitative estimate of drug-likeness (QED) is 0.671. The zero-order chi connectivity index (χ0) is 24.4. The van der Waals surface area contributed by atoms with Crippen molar-refractivity contribution in [1.82, 2.24) is 10.2 Å². The number of rotatable bonds is 6. The highest BCUT2D eigenvalue weighted by atomic mass is 16.5. The Morgan fingerprint density at radius 1 is 1.06 bits per heavy atom. The summed E-state index contributed by atoms with van der Waals surface area (Å²) in [6, 6.07) is 15.4. The molecule has 2 aliphatic rings. The fourth-order valence-electron chi connectivity index (χ4n) is 5.07. The Hall–Kier alpha value is -3.35. The molecule has 2 aromatic rings. The first-order chi connectivity index (χ1) is 16.3. The predicted octanol–water partition coefficient (Wildman–Crippen LogP) is 4.12. The number of carboxylic acid groups (broad SMARTS) is 1. The third-order valence-electron chi connectivity index (χ3n) is 7.14. The van der Waals surface area contributed by atoms with Crippen LogP contribution in [0.4, 0.5) is 4.79 Å². The van der Waals surface area contributed by atoms with Crippen molar-refractivity contribution < 1.29 is 24.2 Å². The molecule has 1 aliphatic heterocycles. The number of aliphatic carboxylic acids is 1. The zero-order valence-corrected chi connectivity index (χ0v) is 19.9. The first-order valence-corrected chi connectivity index (χ1v) is 11.9. The number of hydrogen-bond donors (Lipinski definition) is 2. The van der Waals surface area contributed by atoms with E-state index in [1.54, 1.807) is 4.90 Å². The molecule has 2 unspecified atom stereocenters. The molecule has 180 valence electrons. The second-order valence-electron chi connectivity index (χ2n) is 9.69. The van der Waals surface area contributed by atoms with E-state index in [2.05, 4.69) is 29.6 Å². The molecule has 7 heteroatoms. The second-order valence-corrected chi connectivity index (χ2v) is 9.69. The molecule has 1 heterocycles. The van der Waals surface area contributed by atoms with Gasteiger partial charge in [0.1, 0.15) is 12.6 Å². The number of carbonyl (C=O) groups is 3. The summed E-state index contributed by atoms with van der Waals surface area (Å²) in [4.78, 5) is 39.1. The van der Waals surface area contributed by atoms with Crippen molar-refractivity contribution in [2.75, 3.05) is 19.7 Å². The number of alkyl carbamates (subject to hydrolysis) is 1. The van der Waals surface area contributed by atoms with Crippen LogP contribution >= 0.6 is 0 Å². The van der Waals surface area contributed by atoms with Crippen molar-refractivity contribution in [3.05, 3.63) is 59.7 Å². The normalized spacial score (nSPS) is 20.4. The van der Waals surface area contributed by atoms with Gasteiger partial charge in [-0.2, -0.15) is 0 Å². The number of piperidine rings is 1. The van der Waals surface area contributed by atoms with Crippen LogP contribution in [-0.2, 0) is 14.3 Å². The Morgan fingerprint density at radius 3 is 2.21 bits per heavy atom. The molecule has 0 saturated carbocycles. The molecule has 34 heavy (non-hydrogen) atoms. The molecule has 3 atom stereocenters. The van der Waals surface area contributed by atoms with Crippen LogP contribution in [0.15, 0.2) is 48.5 Å². The van der Waals surface area contributed by atoms with Gasteiger partial charge < -0.3 is 20.1 Å². The lowest BCUT2D eigenvalue weighted by Gasteiger charge is -2.37. The maximum Gasteiger partial charge on any atom is 0.407 e. The fraction of sp³-hybridized carbons (Fsp3) is 0.444. The Morgan fingerprint density at radius 2 is 1.65 bits per heavy atom. The summed E-state index contributed by atoms with van der Waals surface area (Å²) in [5.74, 6) is -1.98. The molecule has 0 aromatic heterocycles. The standard InChI is InChI=1S/C27H32N2O5/c1-16(2)24(25(30)29-13-12-17(3)22(14-29)26(31)32)28-27(33)34-15-23-20-10-6-4-8-18(20)19-9-5-7-11-21(19)23/h4-11,16-17,22-24H,12-15H2,1-3H3,(H,28,33)(H,31,32)/t17?,22?,24-/m0/s1. The van der Waals surface area contributed by atoms with Crippen LogP contribution in [-0.4, -0.2) is 53.7 Å². The number of nitrogens with one attached hydrogen (secondary N) is 1. The largest absolute Gasteiger partial charge is 0.481 e. The summed E-state index contributed by atoms with van der Waals surface area (Å²) in [6.07, 6.45) is -0.0209. The third-order valence-corrected chi connectivity index (χ3v) is 7.14. The van der Waals surface area contributed by atoms with Crippen LogP contribution in [0.25, 0.3) is 11.1 Å². The van der Waals surface area contributed by atoms with Crippen LogP contribution in [0, 0.1) is 17.8 Å². The summed E-state index contributed by atoms with van der Waals surface area (Å²) in [5.41, 5.74) is 4.54. The molecule has 2 N–H and O–H groups in total. The summed E-state index contributed by atoms with van der Waals surface area (Å²) in [7, 11) is 0. The van der Waals surface area contributed by atoms with Gasteiger partial charge in [0, 0.05) is 19.0 Å². The summed E-state index contributed by atoms with van der Waals surface area (Å²) in [5, 5.41) is 12.2. The maximum absolute atomic E-state index is 13.2. The van der Waals surface area contributed by atoms with E-state index in [0.29, 0.717) is 13.0 Å². The zero-order valence-electron chi connectivity index (χ0n) is 19.9. The van der Waals surface area contributed by atoms with Gasteiger partial charge >= 0.3 is 12.1 Å². The number of hydrogen-bond acceptors (Lipinski definition) is 4. The highest BCUT2D eigenvalue weighted by molar-refractivity contribution is 5.87. The second kappa shape index (κ2) is 9.87. The lowest BCUT2D eigenvalue weighted by molar-refractivity contribution is -0.148. The number of carbonyl (C=O) groups excluding carboxylic acids is 2. The van der Waals surface area contributed by atoms with Gasteiger partial charge in [-0.3, -0.25) is 9.59 Å². The van der Waals surface area contributed by atoms with Gasteiger partial charge in [0.05, 0.1) is 5.92 Å². The molecule has 0 spiro atoms. The minimum absolute atomic E-state index is 0.00846. The molecule has 1 saturated heterocycles. The van der Waals surface area contributed by atoms with Crippen molar-refractivity contribution in [3.63, 3.8) is 0 Å². The first-order valence-electron chi connectivity index (χ1n) is 11.9. The van der Waals surface area contributed by atoms with E-state index >= 15 is 0 Å². The van der Waals surface area contributed by atoms with Crippen LogP contribution in [0.2, 0.25) is 0 Å². The summed E-state index contributed by atoms with van der Waals surface area (Å²) < 4.78 is 5.62. The van der Waals surface area contributed by atoms with Crippen LogP contribution in [0.1, 0.15) is 44.2 Å². The van der Waals surface area contributed by atoms with E-state index in [1.807, 2.05) is 45.0 Å². The lowest BCUT2D eigenvalue weighted by Crippen LogP contribution is -2.55. The SMILES string of the molecule is CC1CCN(C(=O)[C@@H](NC(=O)OCC2c3ccccc3-c3ccccc32)C(C)C)CC1C(=O)O. The van der Waals surface area contributed by atoms with E-state index in [0.717, 1.165) is 22.3 Å². The molecule has 2 aromatic carbocycles. The van der Waals surface area contributed by atoms with Crippen molar-refractivity contribution in [3.8, 4) is 11.1 Å². The Balaban J connectivity index is 1.41. The number of ether oxygens (including phenoxy) is 1. The molecule has 7 nitrogen and oxygen atoms in total. The minimum Gasteiger partial charge on any atom is -0.481 e. The molecule has 1 fully saturated rings. The fourth-order valence-corrected chi connectivity index (χ4v) is 5.07. The summed E-state index contributed by atoms with van der Waals surface area (Å²) >= 11 is 0. The van der Waals surface area contributed by atoms with Crippen molar-refractivity contribution in [2.24, 2.45) is 17.8 Å². The number of likely N-dealkylation sites (tertiary alicyclic amines) is 1. The van der Waals surface area contributed by atoms with E-state index in [9.17, 15) is 19.5 Å². The van der Waals surface area contributed by atoms with Crippen LogP contribution < -0.4 is 5.32 Å². The lowest BCUT2D eigenvalue weighted by atomic mass is 9.86. The van der Waals surface area contributed by atoms with E-state index in [1.165, 1.54) is 0 Å². The topological polar surface area (TPSA) is 95.9 Å². The molecule has 0 bridgehead atoms. The minimum atomic E-state index is -0.893. The van der Waals surface area contributed by atoms with Gasteiger partial charge in [0.2, 0.25) is 5.91 Å². The number of carboxylic acids is 1. The molecule has 2 amide bonds. The third kappa shape index (κ3) is 4.65. The molecule has 4 rings (SSSR count). The molecule has 1 aliphatic carbocycles. The van der Waals surface area contributed by atoms with Crippen molar-refractivity contribution in [1.29, 1.82) is 0 Å². The number of nitrogens with zero attached hydrogens (tertiary/aromatic N) is 1. The highest BCUT2D eigenvalue weighted by Gasteiger charge is 2.37. The molecular weight excluding hydrogens is 432 g/mol.